The lowest BCUT2D eigenvalue weighted by Crippen LogP contribution is -2.42. The highest BCUT2D eigenvalue weighted by molar-refractivity contribution is 7.05. The Bertz CT molecular complexity index is 314. The Morgan fingerprint density at radius 2 is 2.06 bits per heavy atom. The molecule has 0 amide bonds. The molecule has 16 heavy (non-hydrogen) atoms. The number of nitrogens with one attached hydrogen (secondary N) is 1. The van der Waals surface area contributed by atoms with Crippen LogP contribution < -0.4 is 5.32 Å². The average molecular weight is 241 g/mol. The van der Waals surface area contributed by atoms with Crippen LogP contribution in [0.4, 0.5) is 0 Å². The second-order valence-electron chi connectivity index (χ2n) is 5.31. The summed E-state index contributed by atoms with van der Waals surface area (Å²) in [5.41, 5.74) is 0.259. The zero-order valence-corrected chi connectivity index (χ0v) is 11.8. The fraction of sp³-hybridized carbons (Fsp3) is 0.833. The molecule has 0 fully saturated rings. The van der Waals surface area contributed by atoms with Gasteiger partial charge < -0.3 is 5.32 Å². The molecule has 0 aliphatic rings. The minimum absolute atomic E-state index is 0.259. The fourth-order valence-corrected chi connectivity index (χ4v) is 2.29. The highest BCUT2D eigenvalue weighted by Crippen LogP contribution is 2.23. The van der Waals surface area contributed by atoms with Crippen molar-refractivity contribution in [2.75, 3.05) is 6.54 Å². The summed E-state index contributed by atoms with van der Waals surface area (Å²) in [7, 11) is 0. The Morgan fingerprint density at radius 1 is 1.38 bits per heavy atom. The third kappa shape index (κ3) is 4.18. The zero-order valence-electron chi connectivity index (χ0n) is 11.0. The SMILES string of the molecule is CCCNC(Cc1nc(C)ns1)C(C)(C)C. The van der Waals surface area contributed by atoms with Gasteiger partial charge in [-0.2, -0.15) is 4.37 Å². The van der Waals surface area contributed by atoms with Gasteiger partial charge in [0, 0.05) is 12.5 Å². The number of rotatable bonds is 5. The molecule has 1 aromatic heterocycles. The van der Waals surface area contributed by atoms with E-state index in [0.717, 1.165) is 23.8 Å². The molecule has 1 unspecified atom stereocenters. The topological polar surface area (TPSA) is 37.8 Å². The molecule has 0 saturated heterocycles. The van der Waals surface area contributed by atoms with E-state index in [1.807, 2.05) is 6.92 Å². The van der Waals surface area contributed by atoms with Gasteiger partial charge in [0.15, 0.2) is 0 Å². The molecule has 1 N–H and O–H groups in total. The van der Waals surface area contributed by atoms with E-state index in [4.69, 9.17) is 0 Å². The zero-order chi connectivity index (χ0) is 12.2. The minimum Gasteiger partial charge on any atom is -0.313 e. The van der Waals surface area contributed by atoms with Crippen LogP contribution in [-0.2, 0) is 6.42 Å². The molecule has 0 radical (unpaired) electrons. The second kappa shape index (κ2) is 5.73. The normalized spacial score (nSPS) is 14.1. The van der Waals surface area contributed by atoms with Gasteiger partial charge in [0.25, 0.3) is 0 Å². The Labute approximate surface area is 103 Å². The first kappa shape index (κ1) is 13.6. The van der Waals surface area contributed by atoms with Crippen molar-refractivity contribution in [3.05, 3.63) is 10.8 Å². The fourth-order valence-electron chi connectivity index (χ4n) is 1.60. The van der Waals surface area contributed by atoms with Crippen LogP contribution >= 0.6 is 11.5 Å². The van der Waals surface area contributed by atoms with Crippen molar-refractivity contribution in [3.63, 3.8) is 0 Å². The molecular formula is C12H23N3S. The molecule has 92 valence electrons. The molecule has 0 saturated carbocycles. The van der Waals surface area contributed by atoms with Gasteiger partial charge >= 0.3 is 0 Å². The van der Waals surface area contributed by atoms with E-state index in [9.17, 15) is 0 Å². The van der Waals surface area contributed by atoms with E-state index in [1.165, 1.54) is 18.0 Å². The van der Waals surface area contributed by atoms with Crippen molar-refractivity contribution in [1.29, 1.82) is 0 Å². The summed E-state index contributed by atoms with van der Waals surface area (Å²) in [6.07, 6.45) is 2.15. The van der Waals surface area contributed by atoms with Gasteiger partial charge in [0.05, 0.1) is 0 Å². The van der Waals surface area contributed by atoms with Gasteiger partial charge in [-0.05, 0) is 36.8 Å². The van der Waals surface area contributed by atoms with Crippen LogP contribution in [0, 0.1) is 12.3 Å². The van der Waals surface area contributed by atoms with E-state index in [-0.39, 0.29) is 5.41 Å². The predicted octanol–water partition coefficient (Wildman–Crippen LogP) is 2.80. The molecule has 1 atom stereocenters. The first-order chi connectivity index (χ1) is 7.43. The van der Waals surface area contributed by atoms with Crippen LogP contribution in [0.1, 0.15) is 44.9 Å². The highest BCUT2D eigenvalue weighted by Gasteiger charge is 2.25. The largest absolute Gasteiger partial charge is 0.313 e. The minimum atomic E-state index is 0.259. The Hall–Kier alpha value is -0.480. The molecule has 1 heterocycles. The number of hydrogen-bond acceptors (Lipinski definition) is 4. The van der Waals surface area contributed by atoms with Crippen molar-refractivity contribution in [1.82, 2.24) is 14.7 Å². The van der Waals surface area contributed by atoms with Crippen molar-refractivity contribution in [2.24, 2.45) is 5.41 Å². The summed E-state index contributed by atoms with van der Waals surface area (Å²) in [4.78, 5) is 4.44. The first-order valence-corrected chi connectivity index (χ1v) is 6.73. The van der Waals surface area contributed by atoms with Crippen molar-refractivity contribution in [2.45, 2.75) is 53.5 Å². The van der Waals surface area contributed by atoms with Crippen molar-refractivity contribution >= 4 is 11.5 Å². The molecule has 1 aromatic rings. The van der Waals surface area contributed by atoms with Gasteiger partial charge in [-0.1, -0.05) is 27.7 Å². The van der Waals surface area contributed by atoms with Crippen LogP contribution in [0.15, 0.2) is 0 Å². The average Bonchev–Trinajstić information content (AvgIpc) is 2.57. The van der Waals surface area contributed by atoms with E-state index < -0.39 is 0 Å². The van der Waals surface area contributed by atoms with Crippen molar-refractivity contribution in [3.8, 4) is 0 Å². The van der Waals surface area contributed by atoms with Gasteiger partial charge in [0.1, 0.15) is 10.8 Å². The monoisotopic (exact) mass is 241 g/mol. The van der Waals surface area contributed by atoms with E-state index in [0.29, 0.717) is 6.04 Å². The van der Waals surface area contributed by atoms with E-state index in [1.54, 1.807) is 0 Å². The van der Waals surface area contributed by atoms with Gasteiger partial charge in [0.2, 0.25) is 0 Å². The Kier molecular flexibility index (Phi) is 4.87. The van der Waals surface area contributed by atoms with Gasteiger partial charge in [-0.15, -0.1) is 0 Å². The number of nitrogens with zero attached hydrogens (tertiary/aromatic N) is 2. The summed E-state index contributed by atoms with van der Waals surface area (Å²) < 4.78 is 4.23. The summed E-state index contributed by atoms with van der Waals surface area (Å²) >= 11 is 1.53. The molecule has 0 spiro atoms. The predicted molar refractivity (Wildman–Crippen MR) is 69.9 cm³/mol. The van der Waals surface area contributed by atoms with Crippen LogP contribution in [0.5, 0.6) is 0 Å². The van der Waals surface area contributed by atoms with Crippen LogP contribution in [0.25, 0.3) is 0 Å². The lowest BCUT2D eigenvalue weighted by atomic mass is 9.85. The smallest absolute Gasteiger partial charge is 0.139 e. The van der Waals surface area contributed by atoms with Gasteiger partial charge in [-0.3, -0.25) is 0 Å². The lowest BCUT2D eigenvalue weighted by Gasteiger charge is -2.31. The summed E-state index contributed by atoms with van der Waals surface area (Å²) in [6, 6.07) is 0.472. The second-order valence-corrected chi connectivity index (χ2v) is 6.15. The Morgan fingerprint density at radius 3 is 2.50 bits per heavy atom. The maximum absolute atomic E-state index is 4.44. The van der Waals surface area contributed by atoms with E-state index in [2.05, 4.69) is 42.4 Å². The van der Waals surface area contributed by atoms with E-state index >= 15 is 0 Å². The quantitative estimate of drug-likeness (QED) is 0.861. The molecule has 1 rings (SSSR count). The standard InChI is InChI=1S/C12H23N3S/c1-6-7-13-10(12(3,4)5)8-11-14-9(2)15-16-11/h10,13H,6-8H2,1-5H3. The maximum atomic E-state index is 4.44. The number of aryl methyl sites for hydroxylation is 1. The third-order valence-corrected chi connectivity index (χ3v) is 3.46. The van der Waals surface area contributed by atoms with Crippen LogP contribution in [-0.4, -0.2) is 21.9 Å². The summed E-state index contributed by atoms with van der Waals surface area (Å²) in [6.45, 7) is 12.0. The lowest BCUT2D eigenvalue weighted by molar-refractivity contribution is 0.266. The first-order valence-electron chi connectivity index (χ1n) is 5.96. The molecule has 0 aliphatic carbocycles. The number of aromatic nitrogens is 2. The maximum Gasteiger partial charge on any atom is 0.139 e. The summed E-state index contributed by atoms with van der Waals surface area (Å²) in [5, 5.41) is 4.75. The number of hydrogen-bond donors (Lipinski definition) is 1. The molecule has 0 bridgehead atoms. The molecule has 0 aromatic carbocycles. The Balaban J connectivity index is 2.63. The summed E-state index contributed by atoms with van der Waals surface area (Å²) in [5.74, 6) is 0.892. The third-order valence-electron chi connectivity index (χ3n) is 2.63. The molecular weight excluding hydrogens is 218 g/mol. The van der Waals surface area contributed by atoms with Crippen LogP contribution in [0.3, 0.4) is 0 Å². The van der Waals surface area contributed by atoms with Gasteiger partial charge in [-0.25, -0.2) is 4.98 Å². The molecule has 4 heteroatoms. The van der Waals surface area contributed by atoms with Crippen LogP contribution in [0.2, 0.25) is 0 Å². The highest BCUT2D eigenvalue weighted by atomic mass is 32.1. The molecule has 3 nitrogen and oxygen atoms in total. The van der Waals surface area contributed by atoms with Crippen molar-refractivity contribution < 1.29 is 0 Å². The molecule has 0 aliphatic heterocycles.